The Labute approximate surface area is 190 Å². The van der Waals surface area contributed by atoms with E-state index in [1.165, 1.54) is 11.1 Å². The van der Waals surface area contributed by atoms with E-state index in [1.54, 1.807) is 7.11 Å². The highest BCUT2D eigenvalue weighted by molar-refractivity contribution is 5.85. The molecule has 2 N–H and O–H groups in total. The molecule has 2 aromatic rings. The van der Waals surface area contributed by atoms with Gasteiger partial charge in [-0.2, -0.15) is 0 Å². The summed E-state index contributed by atoms with van der Waals surface area (Å²) < 4.78 is 11.4. The van der Waals surface area contributed by atoms with E-state index in [1.807, 2.05) is 30.3 Å². The van der Waals surface area contributed by atoms with Gasteiger partial charge < -0.3 is 19.9 Å². The van der Waals surface area contributed by atoms with Crippen molar-refractivity contribution in [1.82, 2.24) is 5.32 Å². The van der Waals surface area contributed by atoms with E-state index in [9.17, 15) is 9.90 Å². The number of carbonyl (C=O) groups excluding carboxylic acids is 1. The Morgan fingerprint density at radius 1 is 1.22 bits per heavy atom. The van der Waals surface area contributed by atoms with Crippen LogP contribution in [0.2, 0.25) is 0 Å². The van der Waals surface area contributed by atoms with Crippen LogP contribution in [0, 0.1) is 12.8 Å². The molecule has 2 bridgehead atoms. The molecule has 5 heteroatoms. The summed E-state index contributed by atoms with van der Waals surface area (Å²) in [6.45, 7) is 4.00. The third kappa shape index (κ3) is 3.38. The third-order valence-corrected chi connectivity index (χ3v) is 8.16. The van der Waals surface area contributed by atoms with Gasteiger partial charge in [0.25, 0.3) is 0 Å². The van der Waals surface area contributed by atoms with E-state index < -0.39 is 11.0 Å². The fourth-order valence-electron chi connectivity index (χ4n) is 6.45. The lowest BCUT2D eigenvalue weighted by atomic mass is 9.48. The first-order valence-corrected chi connectivity index (χ1v) is 11.7. The van der Waals surface area contributed by atoms with E-state index in [-0.39, 0.29) is 17.7 Å². The number of ketones is 1. The molecule has 32 heavy (non-hydrogen) atoms. The van der Waals surface area contributed by atoms with E-state index in [4.69, 9.17) is 9.47 Å². The zero-order chi connectivity index (χ0) is 22.3. The van der Waals surface area contributed by atoms with Gasteiger partial charge in [-0.3, -0.25) is 4.79 Å². The van der Waals surface area contributed by atoms with Gasteiger partial charge in [-0.15, -0.1) is 0 Å². The highest BCUT2D eigenvalue weighted by Crippen LogP contribution is 2.57. The normalized spacial score (nSPS) is 31.0. The van der Waals surface area contributed by atoms with Crippen LogP contribution in [0.15, 0.2) is 42.5 Å². The van der Waals surface area contributed by atoms with E-state index in [2.05, 4.69) is 24.4 Å². The van der Waals surface area contributed by atoms with Crippen LogP contribution in [0.1, 0.15) is 47.9 Å². The molecule has 1 heterocycles. The molecule has 3 aliphatic rings. The van der Waals surface area contributed by atoms with Crippen molar-refractivity contribution in [1.29, 1.82) is 0 Å². The number of Topliss-reactive ketones (excluding diaryl/α,β-unsaturated/α-hetero) is 1. The number of hydrogen-bond donors (Lipinski definition) is 2. The van der Waals surface area contributed by atoms with Crippen molar-refractivity contribution in [3.8, 4) is 5.75 Å². The molecule has 2 fully saturated rings. The number of carbonyl (C=O) groups is 1. The molecule has 0 unspecified atom stereocenters. The second-order valence-electron chi connectivity index (χ2n) is 9.81. The maximum atomic E-state index is 13.4. The van der Waals surface area contributed by atoms with Crippen molar-refractivity contribution in [2.75, 3.05) is 20.3 Å². The van der Waals surface area contributed by atoms with Gasteiger partial charge in [0.1, 0.15) is 11.5 Å². The molecule has 0 spiro atoms. The Hall–Kier alpha value is -2.21. The number of nitrogens with one attached hydrogen (secondary N) is 1. The first-order chi connectivity index (χ1) is 15.5. The highest BCUT2D eigenvalue weighted by atomic mass is 16.5. The minimum Gasteiger partial charge on any atom is -0.497 e. The van der Waals surface area contributed by atoms with Gasteiger partial charge in [0.2, 0.25) is 0 Å². The van der Waals surface area contributed by atoms with E-state index in [0.29, 0.717) is 32.5 Å². The zero-order valence-electron chi connectivity index (χ0n) is 19.0. The van der Waals surface area contributed by atoms with Gasteiger partial charge in [0, 0.05) is 30.4 Å². The fraction of sp³-hybridized carbons (Fsp3) is 0.519. The maximum Gasteiger partial charge on any atom is 0.137 e. The Morgan fingerprint density at radius 2 is 2.03 bits per heavy atom. The van der Waals surface area contributed by atoms with Gasteiger partial charge in [-0.25, -0.2) is 0 Å². The first kappa shape index (κ1) is 21.6. The molecule has 2 aromatic carbocycles. The minimum absolute atomic E-state index is 0.0308. The number of aryl methyl sites for hydroxylation is 1. The zero-order valence-corrected chi connectivity index (χ0v) is 19.0. The molecule has 1 saturated heterocycles. The summed E-state index contributed by atoms with van der Waals surface area (Å²) in [7, 11) is 1.68. The van der Waals surface area contributed by atoms with Gasteiger partial charge in [0.15, 0.2) is 0 Å². The summed E-state index contributed by atoms with van der Waals surface area (Å²) in [5.41, 5.74) is 3.24. The Morgan fingerprint density at radius 3 is 2.81 bits per heavy atom. The predicted molar refractivity (Wildman–Crippen MR) is 123 cm³/mol. The molecule has 170 valence electrons. The standard InChI is InChI=1S/C27H33NO4/c1-18-12-21(31-2)13-23-22(18)14-25-27(30)15-20(24(29)16-26(23,27)9-10-28-25)8-11-32-17-19-6-4-3-5-7-19/h3-7,12-13,20,25,28,30H,8-11,14-17H2,1-2H3/t20-,25+,26+,27+/m0/s1. The van der Waals surface area contributed by atoms with Crippen molar-refractivity contribution in [2.24, 2.45) is 5.92 Å². The van der Waals surface area contributed by atoms with Gasteiger partial charge in [0.05, 0.1) is 19.3 Å². The summed E-state index contributed by atoms with van der Waals surface area (Å²) in [4.78, 5) is 13.4. The van der Waals surface area contributed by atoms with Gasteiger partial charge in [-0.05, 0) is 73.5 Å². The summed E-state index contributed by atoms with van der Waals surface area (Å²) in [5.74, 6) is 0.894. The molecule has 0 amide bonds. The largest absolute Gasteiger partial charge is 0.497 e. The molecular formula is C27H33NO4. The fourth-order valence-corrected chi connectivity index (χ4v) is 6.45. The number of ether oxygens (including phenoxy) is 2. The molecule has 1 aliphatic heterocycles. The lowest BCUT2D eigenvalue weighted by Crippen LogP contribution is -2.73. The Bertz CT molecular complexity index is 1010. The van der Waals surface area contributed by atoms with Gasteiger partial charge >= 0.3 is 0 Å². The Kier molecular flexibility index (Phi) is 5.60. The van der Waals surface area contributed by atoms with Crippen LogP contribution < -0.4 is 10.1 Å². The molecule has 0 radical (unpaired) electrons. The summed E-state index contributed by atoms with van der Waals surface area (Å²) >= 11 is 0. The van der Waals surface area contributed by atoms with Crippen LogP contribution in [-0.4, -0.2) is 42.8 Å². The average molecular weight is 436 g/mol. The number of hydrogen-bond acceptors (Lipinski definition) is 5. The number of aliphatic hydroxyl groups is 1. The number of benzene rings is 2. The van der Waals surface area contributed by atoms with Crippen molar-refractivity contribution in [3.63, 3.8) is 0 Å². The lowest BCUT2D eigenvalue weighted by Gasteiger charge is -2.62. The van der Waals surface area contributed by atoms with Crippen molar-refractivity contribution >= 4 is 5.78 Å². The molecule has 4 atom stereocenters. The van der Waals surface area contributed by atoms with Crippen LogP contribution in [-0.2, 0) is 28.0 Å². The van der Waals surface area contributed by atoms with Crippen LogP contribution in [0.4, 0.5) is 0 Å². The van der Waals surface area contributed by atoms with Crippen molar-refractivity contribution in [2.45, 2.75) is 62.7 Å². The second-order valence-corrected chi connectivity index (χ2v) is 9.81. The average Bonchev–Trinajstić information content (AvgIpc) is 2.78. The van der Waals surface area contributed by atoms with E-state index >= 15 is 0 Å². The molecule has 2 aliphatic carbocycles. The lowest BCUT2D eigenvalue weighted by molar-refractivity contribution is -0.160. The monoisotopic (exact) mass is 435 g/mol. The predicted octanol–water partition coefficient (Wildman–Crippen LogP) is 3.48. The van der Waals surface area contributed by atoms with Crippen LogP contribution >= 0.6 is 0 Å². The van der Waals surface area contributed by atoms with Gasteiger partial charge in [-0.1, -0.05) is 30.3 Å². The highest BCUT2D eigenvalue weighted by Gasteiger charge is 2.64. The molecule has 5 rings (SSSR count). The molecule has 0 aromatic heterocycles. The van der Waals surface area contributed by atoms with Crippen LogP contribution in [0.3, 0.4) is 0 Å². The number of fused-ring (bicyclic) bond motifs is 1. The topological polar surface area (TPSA) is 67.8 Å². The molecule has 5 nitrogen and oxygen atoms in total. The SMILES string of the molecule is COc1cc(C)c2c(c1)[C@]13CCN[C@H](C2)[C@]1(O)C[C@H](CCOCc1ccccc1)C(=O)C3. The summed E-state index contributed by atoms with van der Waals surface area (Å²) in [5, 5.41) is 15.8. The van der Waals surface area contributed by atoms with Crippen molar-refractivity contribution < 1.29 is 19.4 Å². The number of methoxy groups -OCH3 is 1. The molecule has 1 saturated carbocycles. The maximum absolute atomic E-state index is 13.4. The minimum atomic E-state index is -0.935. The summed E-state index contributed by atoms with van der Waals surface area (Å²) in [6.07, 6.45) is 3.09. The van der Waals surface area contributed by atoms with Crippen LogP contribution in [0.25, 0.3) is 0 Å². The Balaban J connectivity index is 1.38. The quantitative estimate of drug-likeness (QED) is 0.680. The third-order valence-electron chi connectivity index (χ3n) is 8.16. The number of rotatable bonds is 6. The smallest absolute Gasteiger partial charge is 0.137 e. The van der Waals surface area contributed by atoms with Crippen LogP contribution in [0.5, 0.6) is 5.75 Å². The van der Waals surface area contributed by atoms with E-state index in [0.717, 1.165) is 36.3 Å². The second kappa shape index (κ2) is 8.29. The van der Waals surface area contributed by atoms with Crippen molar-refractivity contribution in [3.05, 3.63) is 64.7 Å². The summed E-state index contributed by atoms with van der Waals surface area (Å²) in [6, 6.07) is 14.2. The molecular weight excluding hydrogens is 402 g/mol. The first-order valence-electron chi connectivity index (χ1n) is 11.7. The number of piperidine rings is 1.